The number of sulfonamides is 2. The summed E-state index contributed by atoms with van der Waals surface area (Å²) in [6.45, 7) is 7.68. The number of hydrogen-bond acceptors (Lipinski definition) is 9. The molecule has 0 radical (unpaired) electrons. The highest BCUT2D eigenvalue weighted by molar-refractivity contribution is 7.93. The van der Waals surface area contributed by atoms with E-state index in [0.29, 0.717) is 47.2 Å². The topological polar surface area (TPSA) is 163 Å². The van der Waals surface area contributed by atoms with Gasteiger partial charge in [0.2, 0.25) is 0 Å². The lowest BCUT2D eigenvalue weighted by atomic mass is 9.95. The van der Waals surface area contributed by atoms with Gasteiger partial charge in [-0.05, 0) is 130 Å². The molecule has 1 atom stereocenters. The molecule has 8 aromatic rings. The van der Waals surface area contributed by atoms with Gasteiger partial charge in [-0.1, -0.05) is 31.2 Å². The molecule has 13 nitrogen and oxygen atoms in total. The highest BCUT2D eigenvalue weighted by Crippen LogP contribution is 2.30. The smallest absolute Gasteiger partial charge is 0.263 e. The van der Waals surface area contributed by atoms with Crippen LogP contribution in [-0.4, -0.2) is 52.5 Å². The minimum atomic E-state index is -4.01. The number of hydrogen-bond donors (Lipinski definition) is 2. The molecule has 4 aromatic carbocycles. The third-order valence-electron chi connectivity index (χ3n) is 9.87. The van der Waals surface area contributed by atoms with E-state index in [9.17, 15) is 16.8 Å². The van der Waals surface area contributed by atoms with Gasteiger partial charge in [-0.2, -0.15) is 10.2 Å². The summed E-state index contributed by atoms with van der Waals surface area (Å²) >= 11 is 0. The number of ether oxygens (including phenoxy) is 1. The zero-order valence-corrected chi connectivity index (χ0v) is 34.4. The Hall–Kier alpha value is -6.58. The van der Waals surface area contributed by atoms with E-state index in [0.717, 1.165) is 27.4 Å². The molecule has 0 aliphatic rings. The molecule has 300 valence electrons. The maximum Gasteiger partial charge on any atom is 0.263 e. The number of benzene rings is 4. The highest BCUT2D eigenvalue weighted by Gasteiger charge is 2.22. The molecule has 4 aromatic heterocycles. The van der Waals surface area contributed by atoms with Crippen molar-refractivity contribution in [2.75, 3.05) is 9.44 Å². The summed E-state index contributed by atoms with van der Waals surface area (Å²) in [4.78, 5) is 9.10. The van der Waals surface area contributed by atoms with Crippen molar-refractivity contribution in [1.29, 1.82) is 0 Å². The van der Waals surface area contributed by atoms with Crippen molar-refractivity contribution in [3.8, 4) is 17.1 Å². The van der Waals surface area contributed by atoms with E-state index in [4.69, 9.17) is 9.84 Å². The van der Waals surface area contributed by atoms with E-state index in [2.05, 4.69) is 31.4 Å². The van der Waals surface area contributed by atoms with Crippen molar-refractivity contribution in [1.82, 2.24) is 29.5 Å². The molecular formula is C44H42N8O5S2. The molecule has 0 saturated carbocycles. The Bertz CT molecular complexity index is 3010. The predicted molar refractivity (Wildman–Crippen MR) is 229 cm³/mol. The summed E-state index contributed by atoms with van der Waals surface area (Å²) in [6, 6.07) is 35.3. The normalized spacial score (nSPS) is 12.6. The number of aromatic nitrogens is 6. The molecule has 0 bridgehead atoms. The minimum Gasteiger partial charge on any atom is -0.491 e. The number of fused-ring (bicyclic) bond motifs is 2. The second-order valence-electron chi connectivity index (χ2n) is 14.6. The Morgan fingerprint density at radius 2 is 1.15 bits per heavy atom. The van der Waals surface area contributed by atoms with Crippen molar-refractivity contribution in [3.05, 3.63) is 151 Å². The fraction of sp³-hybridized carbons (Fsp3) is 0.182. The number of nitrogens with zero attached hydrogens (tertiary/aromatic N) is 6. The third kappa shape index (κ3) is 8.38. The molecule has 4 heterocycles. The Morgan fingerprint density at radius 3 is 1.71 bits per heavy atom. The van der Waals surface area contributed by atoms with Crippen LogP contribution in [0.15, 0.2) is 144 Å². The predicted octanol–water partition coefficient (Wildman–Crippen LogP) is 8.59. The van der Waals surface area contributed by atoms with Gasteiger partial charge in [-0.25, -0.2) is 26.2 Å². The monoisotopic (exact) mass is 826 g/mol. The molecule has 0 amide bonds. The number of pyridine rings is 2. The molecule has 0 saturated heterocycles. The van der Waals surface area contributed by atoms with Gasteiger partial charge in [0.15, 0.2) is 0 Å². The van der Waals surface area contributed by atoms with Gasteiger partial charge in [0, 0.05) is 35.3 Å². The van der Waals surface area contributed by atoms with Crippen LogP contribution >= 0.6 is 0 Å². The van der Waals surface area contributed by atoms with Crippen LogP contribution < -0.4 is 14.2 Å². The molecule has 0 fully saturated rings. The molecular weight excluding hydrogens is 785 g/mol. The van der Waals surface area contributed by atoms with Crippen LogP contribution in [0.1, 0.15) is 50.1 Å². The van der Waals surface area contributed by atoms with Gasteiger partial charge < -0.3 is 4.74 Å². The fourth-order valence-electron chi connectivity index (χ4n) is 6.98. The van der Waals surface area contributed by atoms with Crippen LogP contribution in [0, 0.1) is 6.92 Å². The van der Waals surface area contributed by atoms with E-state index >= 15 is 0 Å². The zero-order chi connectivity index (χ0) is 41.3. The quantitative estimate of drug-likeness (QED) is 0.109. The summed E-state index contributed by atoms with van der Waals surface area (Å²) < 4.78 is 69.2. The summed E-state index contributed by atoms with van der Waals surface area (Å²) in [6.07, 6.45) is 4.54. The van der Waals surface area contributed by atoms with Gasteiger partial charge >= 0.3 is 0 Å². The molecule has 0 spiro atoms. The average molecular weight is 827 g/mol. The first-order valence-electron chi connectivity index (χ1n) is 19.1. The summed E-state index contributed by atoms with van der Waals surface area (Å²) in [5, 5.41) is 11.1. The third-order valence-corrected chi connectivity index (χ3v) is 12.6. The van der Waals surface area contributed by atoms with Crippen LogP contribution in [0.2, 0.25) is 0 Å². The second kappa shape index (κ2) is 16.0. The van der Waals surface area contributed by atoms with Crippen molar-refractivity contribution < 1.29 is 21.6 Å². The first-order valence-corrected chi connectivity index (χ1v) is 22.1. The SMILES string of the molecule is Cc1cc(NS(=O)(=O)c2ccc(C(C)CCc3cc(NS(=O)(=O)c4ccc(OC(C)C)cc4)n(-c4cccc5ncccc45)n3)cc2)n(-c2cccc3ncccc23)n1. The van der Waals surface area contributed by atoms with E-state index in [1.165, 1.54) is 12.1 Å². The van der Waals surface area contributed by atoms with E-state index in [1.807, 2.05) is 93.6 Å². The number of aryl methyl sites for hydroxylation is 2. The van der Waals surface area contributed by atoms with Crippen LogP contribution in [0.3, 0.4) is 0 Å². The Balaban J connectivity index is 1.01. The van der Waals surface area contributed by atoms with E-state index < -0.39 is 20.0 Å². The standard InChI is InChI=1S/C44H42N8O5S2/c1-29(2)57-34-19-23-36(24-20-34)59(55,56)50-44-28-33(48-52(44)42-14-6-12-40-38(42)10-8-26-46-40)18-15-30(3)32-16-21-35(22-17-32)58(53,54)49-43-27-31(4)47-51(43)41-13-5-11-39-37(41)9-7-25-45-39/h5-14,16-17,19-30,49-50H,15,18H2,1-4H3. The number of nitrogens with one attached hydrogen (secondary N) is 2. The molecule has 0 aliphatic heterocycles. The molecule has 15 heteroatoms. The number of rotatable bonds is 14. The summed E-state index contributed by atoms with van der Waals surface area (Å²) in [7, 11) is -7.98. The molecule has 8 rings (SSSR count). The maximum absolute atomic E-state index is 13.7. The molecule has 2 N–H and O–H groups in total. The lowest BCUT2D eigenvalue weighted by Crippen LogP contribution is -2.16. The van der Waals surface area contributed by atoms with Crippen molar-refractivity contribution >= 4 is 53.5 Å². The zero-order valence-electron chi connectivity index (χ0n) is 32.8. The fourth-order valence-corrected chi connectivity index (χ4v) is 9.04. The van der Waals surface area contributed by atoms with E-state index in [-0.39, 0.29) is 27.6 Å². The van der Waals surface area contributed by atoms with E-state index in [1.54, 1.807) is 58.2 Å². The molecule has 1 unspecified atom stereocenters. The van der Waals surface area contributed by atoms with Crippen molar-refractivity contribution in [3.63, 3.8) is 0 Å². The van der Waals surface area contributed by atoms with Crippen LogP contribution in [0.25, 0.3) is 33.2 Å². The lowest BCUT2D eigenvalue weighted by Gasteiger charge is -2.14. The summed E-state index contributed by atoms with van der Waals surface area (Å²) in [5.41, 5.74) is 5.16. The number of anilines is 2. The average Bonchev–Trinajstić information content (AvgIpc) is 3.80. The lowest BCUT2D eigenvalue weighted by molar-refractivity contribution is 0.242. The van der Waals surface area contributed by atoms with Gasteiger partial charge in [0.1, 0.15) is 17.4 Å². The maximum atomic E-state index is 13.7. The van der Waals surface area contributed by atoms with Gasteiger partial charge in [0.05, 0.1) is 49.7 Å². The summed E-state index contributed by atoms with van der Waals surface area (Å²) in [5.74, 6) is 1.18. The Kier molecular flexibility index (Phi) is 10.6. The van der Waals surface area contributed by atoms with Gasteiger partial charge in [-0.3, -0.25) is 19.4 Å². The first kappa shape index (κ1) is 39.3. The minimum absolute atomic E-state index is 0.0161. The van der Waals surface area contributed by atoms with Crippen LogP contribution in [0.4, 0.5) is 11.6 Å². The Morgan fingerprint density at radius 1 is 0.627 bits per heavy atom. The highest BCUT2D eigenvalue weighted by atomic mass is 32.2. The van der Waals surface area contributed by atoms with Crippen molar-refractivity contribution in [2.45, 2.75) is 62.3 Å². The Labute approximate surface area is 342 Å². The van der Waals surface area contributed by atoms with Gasteiger partial charge in [0.25, 0.3) is 20.0 Å². The second-order valence-corrected chi connectivity index (χ2v) is 17.9. The van der Waals surface area contributed by atoms with Gasteiger partial charge in [-0.15, -0.1) is 0 Å². The molecule has 59 heavy (non-hydrogen) atoms. The van der Waals surface area contributed by atoms with Crippen LogP contribution in [-0.2, 0) is 26.5 Å². The van der Waals surface area contributed by atoms with Crippen molar-refractivity contribution in [2.24, 2.45) is 0 Å². The first-order chi connectivity index (χ1) is 28.3. The van der Waals surface area contributed by atoms with Crippen LogP contribution in [0.5, 0.6) is 5.75 Å². The largest absolute Gasteiger partial charge is 0.491 e. The molecule has 0 aliphatic carbocycles.